The van der Waals surface area contributed by atoms with Crippen molar-refractivity contribution < 1.29 is 19.1 Å². The number of nitrogens with zero attached hydrogens (tertiary/aromatic N) is 1. The summed E-state index contributed by atoms with van der Waals surface area (Å²) in [5.41, 5.74) is 2.37. The molecule has 2 N–H and O–H groups in total. The summed E-state index contributed by atoms with van der Waals surface area (Å²) in [6, 6.07) is 30.7. The molecule has 0 heterocycles. The minimum Gasteiger partial charge on any atom is -0.484 e. The fourth-order valence-corrected chi connectivity index (χ4v) is 3.74. The van der Waals surface area contributed by atoms with Crippen molar-refractivity contribution in [2.75, 3.05) is 29.9 Å². The number of carbonyl (C=O) groups excluding carboxylic acids is 2. The molecular weight excluding hydrogens is 502 g/mol. The molecule has 4 rings (SSSR count). The number of benzene rings is 4. The number of hydrogen-bond donors (Lipinski definition) is 2. The molecule has 3 amide bonds. The highest BCUT2D eigenvalue weighted by atomic mass is 35.5. The van der Waals surface area contributed by atoms with Gasteiger partial charge in [-0.25, -0.2) is 4.79 Å². The smallest absolute Gasteiger partial charge is 0.326 e. The Kier molecular flexibility index (Phi) is 9.21. The molecule has 0 spiro atoms. The molecule has 7 nitrogen and oxygen atoms in total. The fraction of sp³-hybridized carbons (Fsp3) is 0.133. The molecule has 8 heteroatoms. The second kappa shape index (κ2) is 13.2. The van der Waals surface area contributed by atoms with Gasteiger partial charge in [-0.1, -0.05) is 41.9 Å². The largest absolute Gasteiger partial charge is 0.484 e. The molecule has 4 aromatic carbocycles. The van der Waals surface area contributed by atoms with Crippen molar-refractivity contribution in [2.45, 2.75) is 6.92 Å². The summed E-state index contributed by atoms with van der Waals surface area (Å²) in [6.07, 6.45) is 0. The minimum absolute atomic E-state index is 0.150. The molecule has 0 fully saturated rings. The van der Waals surface area contributed by atoms with E-state index in [4.69, 9.17) is 21.1 Å². The Hall–Kier alpha value is -4.49. The maximum Gasteiger partial charge on any atom is 0.326 e. The number of halogens is 1. The molecule has 0 aromatic heterocycles. The first-order valence-corrected chi connectivity index (χ1v) is 12.5. The second-order valence-corrected chi connectivity index (χ2v) is 8.89. The van der Waals surface area contributed by atoms with Crippen molar-refractivity contribution in [3.8, 4) is 17.2 Å². The number of rotatable bonds is 10. The van der Waals surface area contributed by atoms with E-state index in [0.29, 0.717) is 27.9 Å². The number of hydrogen-bond acceptors (Lipinski definition) is 4. The van der Waals surface area contributed by atoms with Gasteiger partial charge in [-0.15, -0.1) is 0 Å². The van der Waals surface area contributed by atoms with E-state index >= 15 is 0 Å². The average molecular weight is 530 g/mol. The molecule has 4 aromatic rings. The molecular formula is C30H28ClN3O4. The van der Waals surface area contributed by atoms with Crippen molar-refractivity contribution in [3.05, 3.63) is 114 Å². The van der Waals surface area contributed by atoms with Gasteiger partial charge in [0, 0.05) is 29.5 Å². The number of ether oxygens (including phenoxy) is 2. The van der Waals surface area contributed by atoms with E-state index in [0.717, 1.165) is 11.3 Å². The molecule has 0 aliphatic carbocycles. The van der Waals surface area contributed by atoms with Gasteiger partial charge in [-0.2, -0.15) is 0 Å². The highest BCUT2D eigenvalue weighted by Gasteiger charge is 2.17. The molecule has 0 unspecified atom stereocenters. The van der Waals surface area contributed by atoms with Crippen LogP contribution in [0.4, 0.5) is 16.2 Å². The third kappa shape index (κ3) is 8.01. The predicted molar refractivity (Wildman–Crippen MR) is 150 cm³/mol. The first-order chi connectivity index (χ1) is 18.5. The molecule has 0 saturated heterocycles. The van der Waals surface area contributed by atoms with Crippen LogP contribution in [0.2, 0.25) is 5.02 Å². The average Bonchev–Trinajstić information content (AvgIpc) is 2.92. The van der Waals surface area contributed by atoms with E-state index < -0.39 is 0 Å². The lowest BCUT2D eigenvalue weighted by atomic mass is 10.2. The summed E-state index contributed by atoms with van der Waals surface area (Å²) in [5.74, 6) is 1.61. The minimum atomic E-state index is -0.320. The van der Waals surface area contributed by atoms with Crippen molar-refractivity contribution in [2.24, 2.45) is 0 Å². The van der Waals surface area contributed by atoms with Gasteiger partial charge < -0.3 is 20.1 Å². The highest BCUT2D eigenvalue weighted by Crippen LogP contribution is 2.25. The molecule has 0 saturated carbocycles. The predicted octanol–water partition coefficient (Wildman–Crippen LogP) is 6.67. The number of urea groups is 1. The Morgan fingerprint density at radius 2 is 1.50 bits per heavy atom. The monoisotopic (exact) mass is 529 g/mol. The van der Waals surface area contributed by atoms with Crippen LogP contribution in [-0.2, 0) is 4.79 Å². The van der Waals surface area contributed by atoms with Gasteiger partial charge in [0.05, 0.1) is 0 Å². The summed E-state index contributed by atoms with van der Waals surface area (Å²) < 4.78 is 11.4. The van der Waals surface area contributed by atoms with Crippen LogP contribution in [0.15, 0.2) is 103 Å². The van der Waals surface area contributed by atoms with E-state index in [1.54, 1.807) is 53.4 Å². The SMILES string of the molecule is Cc1cccc(NC(=O)N(CCNC(=O)COc2ccc(Cl)cc2)c2ccc(Oc3ccccc3)cc2)c1. The fourth-order valence-electron chi connectivity index (χ4n) is 3.62. The lowest BCUT2D eigenvalue weighted by Crippen LogP contribution is -2.42. The molecule has 0 aliphatic rings. The summed E-state index contributed by atoms with van der Waals surface area (Å²) >= 11 is 5.87. The van der Waals surface area contributed by atoms with E-state index in [1.165, 1.54) is 0 Å². The summed E-state index contributed by atoms with van der Waals surface area (Å²) in [5, 5.41) is 6.32. The highest BCUT2D eigenvalue weighted by molar-refractivity contribution is 6.30. The van der Waals surface area contributed by atoms with E-state index in [2.05, 4.69) is 10.6 Å². The van der Waals surface area contributed by atoms with Gasteiger partial charge in [-0.3, -0.25) is 9.69 Å². The quantitative estimate of drug-likeness (QED) is 0.240. The summed E-state index contributed by atoms with van der Waals surface area (Å²) in [7, 11) is 0. The van der Waals surface area contributed by atoms with E-state index in [9.17, 15) is 9.59 Å². The topological polar surface area (TPSA) is 79.9 Å². The van der Waals surface area contributed by atoms with Crippen LogP contribution >= 0.6 is 11.6 Å². The van der Waals surface area contributed by atoms with Gasteiger partial charge in [-0.05, 0) is 85.3 Å². The molecule has 0 aliphatic heterocycles. The third-order valence-corrected chi connectivity index (χ3v) is 5.73. The number of anilines is 2. The third-order valence-electron chi connectivity index (χ3n) is 5.48. The van der Waals surface area contributed by atoms with E-state index in [-0.39, 0.29) is 31.6 Å². The van der Waals surface area contributed by atoms with Crippen LogP contribution < -0.4 is 25.0 Å². The van der Waals surface area contributed by atoms with Gasteiger partial charge in [0.2, 0.25) is 0 Å². The molecule has 0 radical (unpaired) electrons. The standard InChI is InChI=1S/C30H28ClN3O4/c1-22-6-5-7-24(20-22)33-30(36)34(19-18-32-29(35)21-37-26-14-10-23(31)11-15-26)25-12-16-28(17-13-25)38-27-8-3-2-4-9-27/h2-17,20H,18-19,21H2,1H3,(H,32,35)(H,33,36). The molecule has 38 heavy (non-hydrogen) atoms. The van der Waals surface area contributed by atoms with Gasteiger partial charge in [0.15, 0.2) is 6.61 Å². The lowest BCUT2D eigenvalue weighted by Gasteiger charge is -2.24. The normalized spacial score (nSPS) is 10.4. The van der Waals surface area contributed by atoms with Crippen LogP contribution in [0.25, 0.3) is 0 Å². The zero-order valence-corrected chi connectivity index (χ0v) is 21.7. The zero-order chi connectivity index (χ0) is 26.7. The second-order valence-electron chi connectivity index (χ2n) is 8.45. The van der Waals surface area contributed by atoms with Crippen molar-refractivity contribution in [1.82, 2.24) is 5.32 Å². The van der Waals surface area contributed by atoms with Crippen molar-refractivity contribution in [1.29, 1.82) is 0 Å². The van der Waals surface area contributed by atoms with Crippen LogP contribution in [-0.4, -0.2) is 31.6 Å². The Balaban J connectivity index is 1.39. The number of para-hydroxylation sites is 1. The van der Waals surface area contributed by atoms with E-state index in [1.807, 2.05) is 61.5 Å². The van der Waals surface area contributed by atoms with Crippen molar-refractivity contribution >= 4 is 34.9 Å². The maximum absolute atomic E-state index is 13.2. The number of aryl methyl sites for hydroxylation is 1. The Labute approximate surface area is 227 Å². The van der Waals surface area contributed by atoms with Crippen LogP contribution in [0.3, 0.4) is 0 Å². The Bertz CT molecular complexity index is 1350. The summed E-state index contributed by atoms with van der Waals surface area (Å²) in [6.45, 7) is 2.28. The van der Waals surface area contributed by atoms with Gasteiger partial charge in [0.25, 0.3) is 5.91 Å². The Morgan fingerprint density at radius 3 is 2.21 bits per heavy atom. The maximum atomic E-state index is 13.2. The van der Waals surface area contributed by atoms with Crippen molar-refractivity contribution in [3.63, 3.8) is 0 Å². The number of amides is 3. The zero-order valence-electron chi connectivity index (χ0n) is 20.9. The summed E-state index contributed by atoms with van der Waals surface area (Å²) in [4.78, 5) is 27.1. The van der Waals surface area contributed by atoms with Crippen LogP contribution in [0.1, 0.15) is 5.56 Å². The van der Waals surface area contributed by atoms with Crippen LogP contribution in [0.5, 0.6) is 17.2 Å². The number of carbonyl (C=O) groups is 2. The van der Waals surface area contributed by atoms with Gasteiger partial charge >= 0.3 is 6.03 Å². The lowest BCUT2D eigenvalue weighted by molar-refractivity contribution is -0.123. The van der Waals surface area contributed by atoms with Gasteiger partial charge in [0.1, 0.15) is 17.2 Å². The first kappa shape index (κ1) is 26.6. The van der Waals surface area contributed by atoms with Crippen LogP contribution in [0, 0.1) is 6.92 Å². The molecule has 194 valence electrons. The first-order valence-electron chi connectivity index (χ1n) is 12.1. The molecule has 0 atom stereocenters. The number of nitrogens with one attached hydrogen (secondary N) is 2. The Morgan fingerprint density at radius 1 is 0.816 bits per heavy atom. The molecule has 0 bridgehead atoms.